The van der Waals surface area contributed by atoms with Crippen LogP contribution in [0, 0.1) is 0 Å². The van der Waals surface area contributed by atoms with E-state index in [2.05, 4.69) is 6.92 Å². The van der Waals surface area contributed by atoms with Crippen molar-refractivity contribution in [3.8, 4) is 5.75 Å². The van der Waals surface area contributed by atoms with Gasteiger partial charge in [0.25, 0.3) is 10.1 Å². The van der Waals surface area contributed by atoms with Gasteiger partial charge in [-0.1, -0.05) is 83.6 Å². The minimum atomic E-state index is -4.24. The largest absolute Gasteiger partial charge is 0.423 e. The lowest BCUT2D eigenvalue weighted by Gasteiger charge is -2.03. The van der Waals surface area contributed by atoms with Gasteiger partial charge in [-0.15, -0.1) is 0 Å². The van der Waals surface area contributed by atoms with Crippen molar-refractivity contribution >= 4 is 16.1 Å². The first kappa shape index (κ1) is 25.4. The Balaban J connectivity index is 2.02. The van der Waals surface area contributed by atoms with Crippen LogP contribution >= 0.6 is 0 Å². The first-order valence-electron chi connectivity index (χ1n) is 10.9. The number of benzene rings is 1. The zero-order valence-corrected chi connectivity index (χ0v) is 18.5. The summed E-state index contributed by atoms with van der Waals surface area (Å²) in [5, 5.41) is 0. The highest BCUT2D eigenvalue weighted by Crippen LogP contribution is 2.16. The highest BCUT2D eigenvalue weighted by molar-refractivity contribution is 7.85. The van der Waals surface area contributed by atoms with Gasteiger partial charge in [-0.3, -0.25) is 4.55 Å². The normalized spacial score (nSPS) is 11.8. The molecule has 0 aliphatic carbocycles. The van der Waals surface area contributed by atoms with E-state index in [9.17, 15) is 13.2 Å². The summed E-state index contributed by atoms with van der Waals surface area (Å²) < 4.78 is 35.9. The Hall–Kier alpha value is -1.66. The van der Waals surface area contributed by atoms with E-state index in [0.29, 0.717) is 0 Å². The van der Waals surface area contributed by atoms with Crippen LogP contribution in [-0.4, -0.2) is 18.9 Å². The van der Waals surface area contributed by atoms with Crippen LogP contribution in [0.25, 0.3) is 0 Å². The van der Waals surface area contributed by atoms with Gasteiger partial charge in [-0.2, -0.15) is 8.42 Å². The molecule has 1 rings (SSSR count). The van der Waals surface area contributed by atoms with Crippen LogP contribution in [0.2, 0.25) is 0 Å². The van der Waals surface area contributed by atoms with E-state index >= 15 is 0 Å². The third-order valence-electron chi connectivity index (χ3n) is 4.82. The van der Waals surface area contributed by atoms with Gasteiger partial charge in [0.2, 0.25) is 0 Å². The van der Waals surface area contributed by atoms with Crippen LogP contribution in [0.4, 0.5) is 0 Å². The van der Waals surface area contributed by atoms with Crippen molar-refractivity contribution < 1.29 is 22.5 Å². The van der Waals surface area contributed by atoms with E-state index in [1.165, 1.54) is 101 Å². The smallest absolute Gasteiger partial charge is 0.335 e. The summed E-state index contributed by atoms with van der Waals surface area (Å²) in [7, 11) is -4.24. The molecule has 0 aliphatic rings. The molecule has 0 unspecified atom stereocenters. The van der Waals surface area contributed by atoms with Gasteiger partial charge in [-0.05, 0) is 37.1 Å². The summed E-state index contributed by atoms with van der Waals surface area (Å²) >= 11 is 0. The van der Waals surface area contributed by atoms with Gasteiger partial charge < -0.3 is 4.74 Å². The van der Waals surface area contributed by atoms with Crippen molar-refractivity contribution in [2.24, 2.45) is 0 Å². The van der Waals surface area contributed by atoms with Crippen LogP contribution in [0.5, 0.6) is 5.75 Å². The van der Waals surface area contributed by atoms with E-state index in [1.54, 1.807) is 0 Å². The molecule has 5 nitrogen and oxygen atoms in total. The molecule has 0 heterocycles. The van der Waals surface area contributed by atoms with Gasteiger partial charge >= 0.3 is 5.97 Å². The molecule has 0 bridgehead atoms. The van der Waals surface area contributed by atoms with Gasteiger partial charge in [0.15, 0.2) is 0 Å². The average Bonchev–Trinajstić information content (AvgIpc) is 2.68. The number of rotatable bonds is 16. The molecule has 0 saturated heterocycles. The topological polar surface area (TPSA) is 80.7 Å². The second-order valence-electron chi connectivity index (χ2n) is 7.45. The predicted octanol–water partition coefficient (Wildman–Crippen LogP) is 6.49. The van der Waals surface area contributed by atoms with Crippen LogP contribution < -0.4 is 4.74 Å². The maximum absolute atomic E-state index is 11.7. The third kappa shape index (κ3) is 13.2. The molecular formula is C23H36O5S. The SMILES string of the molecule is CCCCCCCCCCCCCCC=CC(=O)Oc1ccc(S(=O)(=O)O)cc1. The van der Waals surface area contributed by atoms with Crippen molar-refractivity contribution in [3.63, 3.8) is 0 Å². The summed E-state index contributed by atoms with van der Waals surface area (Å²) in [6.45, 7) is 2.25. The lowest BCUT2D eigenvalue weighted by molar-refractivity contribution is -0.129. The van der Waals surface area contributed by atoms with E-state index in [0.717, 1.165) is 12.8 Å². The molecule has 164 valence electrons. The molecule has 1 aromatic rings. The first-order valence-corrected chi connectivity index (χ1v) is 12.3. The minimum absolute atomic E-state index is 0.234. The van der Waals surface area contributed by atoms with E-state index in [-0.39, 0.29) is 10.6 Å². The van der Waals surface area contributed by atoms with E-state index < -0.39 is 16.1 Å². The molecule has 0 atom stereocenters. The number of allylic oxidation sites excluding steroid dienone is 1. The van der Waals surface area contributed by atoms with Crippen LogP contribution in [-0.2, 0) is 14.9 Å². The minimum Gasteiger partial charge on any atom is -0.423 e. The van der Waals surface area contributed by atoms with E-state index in [1.807, 2.05) is 6.08 Å². The third-order valence-corrected chi connectivity index (χ3v) is 5.69. The molecule has 6 heteroatoms. The van der Waals surface area contributed by atoms with Crippen molar-refractivity contribution in [2.45, 2.75) is 95.3 Å². The molecule has 0 fully saturated rings. The highest BCUT2D eigenvalue weighted by Gasteiger charge is 2.09. The molecule has 0 aliphatic heterocycles. The molecule has 0 spiro atoms. The fourth-order valence-electron chi connectivity index (χ4n) is 3.11. The molecule has 0 aromatic heterocycles. The van der Waals surface area contributed by atoms with Gasteiger partial charge in [-0.25, -0.2) is 4.79 Å². The Labute approximate surface area is 176 Å². The molecule has 0 amide bonds. The maximum Gasteiger partial charge on any atom is 0.335 e. The molecule has 1 N–H and O–H groups in total. The van der Waals surface area contributed by atoms with Crippen LogP contribution in [0.3, 0.4) is 0 Å². The van der Waals surface area contributed by atoms with Crippen LogP contribution in [0.1, 0.15) is 90.4 Å². The summed E-state index contributed by atoms with van der Waals surface area (Å²) in [4.78, 5) is 11.5. The van der Waals surface area contributed by atoms with Crippen molar-refractivity contribution in [2.75, 3.05) is 0 Å². The molecule has 1 aromatic carbocycles. The first-order chi connectivity index (χ1) is 13.9. The maximum atomic E-state index is 11.7. The molecule has 29 heavy (non-hydrogen) atoms. The van der Waals surface area contributed by atoms with E-state index in [4.69, 9.17) is 9.29 Å². The number of carbonyl (C=O) groups excluding carboxylic acids is 1. The predicted molar refractivity (Wildman–Crippen MR) is 117 cm³/mol. The second kappa shape index (κ2) is 15.2. The standard InChI is InChI=1S/C23H36O5S/c1-2-3-4-5-6-7-8-9-10-11-12-13-14-15-16-23(24)28-21-17-19-22(20-18-21)29(25,26)27/h15-20H,2-14H2,1H3,(H,25,26,27). The summed E-state index contributed by atoms with van der Waals surface area (Å²) in [5.74, 6) is -0.263. The molecular weight excluding hydrogens is 388 g/mol. The Morgan fingerprint density at radius 3 is 1.83 bits per heavy atom. The summed E-state index contributed by atoms with van der Waals surface area (Å²) in [6.07, 6.45) is 19.7. The highest BCUT2D eigenvalue weighted by atomic mass is 32.2. The number of unbranched alkanes of at least 4 members (excludes halogenated alkanes) is 12. The Morgan fingerprint density at radius 2 is 1.34 bits per heavy atom. The average molecular weight is 425 g/mol. The number of hydrogen-bond donors (Lipinski definition) is 1. The quantitative estimate of drug-likeness (QED) is 0.108. The van der Waals surface area contributed by atoms with Gasteiger partial charge in [0.05, 0.1) is 4.90 Å². The lowest BCUT2D eigenvalue weighted by atomic mass is 10.0. The molecule has 0 saturated carbocycles. The number of hydrogen-bond acceptors (Lipinski definition) is 4. The number of esters is 1. The number of carbonyl (C=O) groups is 1. The van der Waals surface area contributed by atoms with Crippen LogP contribution in [0.15, 0.2) is 41.3 Å². The zero-order chi connectivity index (χ0) is 21.4. The fourth-order valence-corrected chi connectivity index (χ4v) is 3.59. The Bertz CT molecular complexity index is 692. The molecule has 0 radical (unpaired) electrons. The summed E-state index contributed by atoms with van der Waals surface area (Å²) in [5.41, 5.74) is 0. The lowest BCUT2D eigenvalue weighted by Crippen LogP contribution is -2.04. The Kier molecular flexibility index (Phi) is 13.3. The fraction of sp³-hybridized carbons (Fsp3) is 0.609. The van der Waals surface area contributed by atoms with Crippen molar-refractivity contribution in [1.29, 1.82) is 0 Å². The van der Waals surface area contributed by atoms with Gasteiger partial charge in [0.1, 0.15) is 5.75 Å². The second-order valence-corrected chi connectivity index (χ2v) is 8.87. The zero-order valence-electron chi connectivity index (χ0n) is 17.6. The monoisotopic (exact) mass is 424 g/mol. The Morgan fingerprint density at radius 1 is 0.862 bits per heavy atom. The van der Waals surface area contributed by atoms with Crippen molar-refractivity contribution in [3.05, 3.63) is 36.4 Å². The summed E-state index contributed by atoms with van der Waals surface area (Å²) in [6, 6.07) is 5.04. The number of ether oxygens (including phenoxy) is 1. The van der Waals surface area contributed by atoms with Gasteiger partial charge in [0, 0.05) is 6.08 Å². The van der Waals surface area contributed by atoms with Crippen molar-refractivity contribution in [1.82, 2.24) is 0 Å².